The predicted octanol–water partition coefficient (Wildman–Crippen LogP) is 1.80. The Morgan fingerprint density at radius 2 is 1.90 bits per heavy atom. The first-order chi connectivity index (χ1) is 9.84. The van der Waals surface area contributed by atoms with Gasteiger partial charge in [-0.3, -0.25) is 0 Å². The number of hydrogen-bond acceptors (Lipinski definition) is 5. The van der Waals surface area contributed by atoms with E-state index in [0.29, 0.717) is 6.42 Å². The van der Waals surface area contributed by atoms with Gasteiger partial charge in [-0.25, -0.2) is 9.59 Å². The summed E-state index contributed by atoms with van der Waals surface area (Å²) >= 11 is 0. The molecule has 6 heteroatoms. The van der Waals surface area contributed by atoms with Gasteiger partial charge in [0.1, 0.15) is 6.10 Å². The van der Waals surface area contributed by atoms with Crippen molar-refractivity contribution in [2.24, 2.45) is 0 Å². The maximum absolute atomic E-state index is 12.0. The van der Waals surface area contributed by atoms with Crippen LogP contribution < -0.4 is 0 Å². The summed E-state index contributed by atoms with van der Waals surface area (Å²) in [5.74, 6) is -4.02. The minimum Gasteiger partial charge on any atom is -0.478 e. The van der Waals surface area contributed by atoms with E-state index in [9.17, 15) is 19.8 Å². The third-order valence-corrected chi connectivity index (χ3v) is 3.20. The Bertz CT molecular complexity index is 513. The van der Waals surface area contributed by atoms with Gasteiger partial charge >= 0.3 is 11.9 Å². The number of ether oxygens (including phenoxy) is 1. The fraction of sp³-hybridized carbons (Fsp3) is 0.467. The van der Waals surface area contributed by atoms with Crippen LogP contribution in [-0.2, 0) is 4.74 Å². The largest absolute Gasteiger partial charge is 0.478 e. The minimum atomic E-state index is -1.98. The molecule has 116 valence electrons. The van der Waals surface area contributed by atoms with Gasteiger partial charge in [-0.2, -0.15) is 0 Å². The van der Waals surface area contributed by atoms with Gasteiger partial charge in [0.2, 0.25) is 5.79 Å². The second-order valence-electron chi connectivity index (χ2n) is 4.78. The number of carbonyl (C=O) groups excluding carboxylic acids is 1. The summed E-state index contributed by atoms with van der Waals surface area (Å²) in [6.07, 6.45) is -0.264. The number of carboxylic acids is 1. The van der Waals surface area contributed by atoms with E-state index in [1.54, 1.807) is 6.92 Å². The van der Waals surface area contributed by atoms with E-state index in [1.165, 1.54) is 18.2 Å². The van der Waals surface area contributed by atoms with Crippen molar-refractivity contribution in [3.63, 3.8) is 0 Å². The number of aromatic carboxylic acids is 1. The fourth-order valence-corrected chi connectivity index (χ4v) is 1.87. The lowest BCUT2D eigenvalue weighted by atomic mass is 10.0. The standard InChI is InChI=1S/C15H20O6/c1-3-6-12(16)15(20,4-2)21-14(19)11-8-5-7-10(9-11)13(17)18/h5,7-9,12,16,20H,3-4,6H2,1-2H3,(H,17,18). The van der Waals surface area contributed by atoms with Crippen LogP contribution in [0.15, 0.2) is 24.3 Å². The van der Waals surface area contributed by atoms with Crippen molar-refractivity contribution in [3.8, 4) is 0 Å². The van der Waals surface area contributed by atoms with Crippen LogP contribution in [0, 0.1) is 0 Å². The lowest BCUT2D eigenvalue weighted by Crippen LogP contribution is -2.46. The Hall–Kier alpha value is -1.92. The highest BCUT2D eigenvalue weighted by molar-refractivity contribution is 5.94. The van der Waals surface area contributed by atoms with Crippen molar-refractivity contribution >= 4 is 11.9 Å². The number of aliphatic hydroxyl groups excluding tert-OH is 1. The molecule has 1 rings (SSSR count). The monoisotopic (exact) mass is 296 g/mol. The second-order valence-corrected chi connectivity index (χ2v) is 4.78. The van der Waals surface area contributed by atoms with Gasteiger partial charge in [0.25, 0.3) is 0 Å². The van der Waals surface area contributed by atoms with E-state index in [-0.39, 0.29) is 24.0 Å². The third-order valence-electron chi connectivity index (χ3n) is 3.20. The van der Waals surface area contributed by atoms with Crippen LogP contribution in [0.5, 0.6) is 0 Å². The SMILES string of the molecule is CCCC(O)C(O)(CC)OC(=O)c1cccc(C(=O)O)c1. The van der Waals surface area contributed by atoms with E-state index >= 15 is 0 Å². The van der Waals surface area contributed by atoms with Gasteiger partial charge < -0.3 is 20.1 Å². The summed E-state index contributed by atoms with van der Waals surface area (Å²) in [5, 5.41) is 29.0. The Morgan fingerprint density at radius 1 is 1.29 bits per heavy atom. The van der Waals surface area contributed by atoms with Crippen molar-refractivity contribution in [1.82, 2.24) is 0 Å². The molecule has 0 heterocycles. The van der Waals surface area contributed by atoms with Gasteiger partial charge in [0.05, 0.1) is 11.1 Å². The molecular formula is C15H20O6. The summed E-state index contributed by atoms with van der Waals surface area (Å²) in [5.41, 5.74) is -0.0518. The molecule has 0 bridgehead atoms. The summed E-state index contributed by atoms with van der Waals surface area (Å²) < 4.78 is 5.00. The van der Waals surface area contributed by atoms with E-state index in [0.717, 1.165) is 6.07 Å². The summed E-state index contributed by atoms with van der Waals surface area (Å²) in [4.78, 5) is 22.9. The van der Waals surface area contributed by atoms with Crippen molar-refractivity contribution in [3.05, 3.63) is 35.4 Å². The van der Waals surface area contributed by atoms with E-state index in [2.05, 4.69) is 0 Å². The summed E-state index contributed by atoms with van der Waals surface area (Å²) in [6.45, 7) is 3.41. The van der Waals surface area contributed by atoms with Crippen LogP contribution >= 0.6 is 0 Å². The van der Waals surface area contributed by atoms with Crippen LogP contribution in [0.1, 0.15) is 53.8 Å². The molecule has 0 saturated carbocycles. The quantitative estimate of drug-likeness (QED) is 0.523. The number of rotatable bonds is 7. The molecule has 0 aliphatic heterocycles. The molecule has 0 amide bonds. The molecule has 0 aliphatic rings. The molecule has 0 fully saturated rings. The van der Waals surface area contributed by atoms with Crippen LogP contribution in [-0.4, -0.2) is 39.1 Å². The number of carbonyl (C=O) groups is 2. The minimum absolute atomic E-state index is 0.00507. The van der Waals surface area contributed by atoms with Crippen molar-refractivity contribution in [2.75, 3.05) is 0 Å². The molecule has 0 radical (unpaired) electrons. The molecule has 3 N–H and O–H groups in total. The van der Waals surface area contributed by atoms with Crippen molar-refractivity contribution < 1.29 is 29.6 Å². The average molecular weight is 296 g/mol. The van der Waals surface area contributed by atoms with Gasteiger partial charge in [0.15, 0.2) is 0 Å². The predicted molar refractivity (Wildman–Crippen MR) is 75.0 cm³/mol. The van der Waals surface area contributed by atoms with Gasteiger partial charge in [-0.15, -0.1) is 0 Å². The molecule has 2 atom stereocenters. The first-order valence-electron chi connectivity index (χ1n) is 6.81. The number of benzene rings is 1. The topological polar surface area (TPSA) is 104 Å². The molecule has 2 unspecified atom stereocenters. The first-order valence-corrected chi connectivity index (χ1v) is 6.81. The molecular weight excluding hydrogens is 276 g/mol. The van der Waals surface area contributed by atoms with Crippen LogP contribution in [0.2, 0.25) is 0 Å². The Labute approximate surface area is 123 Å². The first kappa shape index (κ1) is 17.1. The highest BCUT2D eigenvalue weighted by atomic mass is 16.7. The van der Waals surface area contributed by atoms with Gasteiger partial charge in [-0.05, 0) is 24.6 Å². The smallest absolute Gasteiger partial charge is 0.340 e. The number of hydrogen-bond donors (Lipinski definition) is 3. The normalized spacial score (nSPS) is 15.0. The fourth-order valence-electron chi connectivity index (χ4n) is 1.87. The Kier molecular flexibility index (Phi) is 5.87. The average Bonchev–Trinajstić information content (AvgIpc) is 2.47. The zero-order valence-corrected chi connectivity index (χ0v) is 12.1. The van der Waals surface area contributed by atoms with E-state index in [1.807, 2.05) is 6.92 Å². The lowest BCUT2D eigenvalue weighted by molar-refractivity contribution is -0.227. The van der Waals surface area contributed by atoms with Crippen LogP contribution in [0.4, 0.5) is 0 Å². The molecule has 0 saturated heterocycles. The lowest BCUT2D eigenvalue weighted by Gasteiger charge is -2.31. The maximum atomic E-state index is 12.0. The molecule has 0 aliphatic carbocycles. The molecule has 21 heavy (non-hydrogen) atoms. The maximum Gasteiger partial charge on any atom is 0.340 e. The van der Waals surface area contributed by atoms with Gasteiger partial charge in [-0.1, -0.05) is 26.3 Å². The van der Waals surface area contributed by atoms with Crippen molar-refractivity contribution in [1.29, 1.82) is 0 Å². The second kappa shape index (κ2) is 7.19. The van der Waals surface area contributed by atoms with Crippen molar-refractivity contribution in [2.45, 2.75) is 45.0 Å². The highest BCUT2D eigenvalue weighted by Gasteiger charge is 2.37. The molecule has 6 nitrogen and oxygen atoms in total. The molecule has 1 aromatic carbocycles. The Morgan fingerprint density at radius 3 is 2.43 bits per heavy atom. The van der Waals surface area contributed by atoms with E-state index < -0.39 is 23.8 Å². The van der Waals surface area contributed by atoms with Crippen LogP contribution in [0.25, 0.3) is 0 Å². The zero-order chi connectivity index (χ0) is 16.0. The third kappa shape index (κ3) is 4.27. The Balaban J connectivity index is 2.93. The van der Waals surface area contributed by atoms with Crippen LogP contribution in [0.3, 0.4) is 0 Å². The summed E-state index contributed by atoms with van der Waals surface area (Å²) in [7, 11) is 0. The van der Waals surface area contributed by atoms with Gasteiger partial charge in [0, 0.05) is 6.42 Å². The molecule has 0 spiro atoms. The molecule has 1 aromatic rings. The number of aliphatic hydroxyl groups is 2. The number of carboxylic acid groups (broad SMARTS) is 1. The highest BCUT2D eigenvalue weighted by Crippen LogP contribution is 2.23. The zero-order valence-electron chi connectivity index (χ0n) is 12.1. The summed E-state index contributed by atoms with van der Waals surface area (Å²) in [6, 6.07) is 5.30. The number of esters is 1. The molecule has 0 aromatic heterocycles. The van der Waals surface area contributed by atoms with E-state index in [4.69, 9.17) is 9.84 Å².